The van der Waals surface area contributed by atoms with E-state index in [2.05, 4.69) is 5.32 Å². The van der Waals surface area contributed by atoms with Gasteiger partial charge in [0.05, 0.1) is 16.1 Å². The lowest BCUT2D eigenvalue weighted by Gasteiger charge is -2.33. The average molecular weight is 638 g/mol. The number of hydrogen-bond acceptors (Lipinski definition) is 4. The number of hydrogen-bond donors (Lipinski definition) is 1. The fraction of sp³-hybridized carbons (Fsp3) is 0.355. The van der Waals surface area contributed by atoms with Crippen molar-refractivity contribution in [3.05, 3.63) is 94.5 Å². The molecule has 0 saturated heterocycles. The van der Waals surface area contributed by atoms with Gasteiger partial charge in [-0.2, -0.15) is 13.2 Å². The molecular formula is C31H35ClF3N3O4S. The van der Waals surface area contributed by atoms with Gasteiger partial charge in [-0.15, -0.1) is 0 Å². The van der Waals surface area contributed by atoms with Crippen LogP contribution in [0.5, 0.6) is 0 Å². The van der Waals surface area contributed by atoms with E-state index in [4.69, 9.17) is 11.6 Å². The van der Waals surface area contributed by atoms with E-state index in [-0.39, 0.29) is 23.5 Å². The molecular weight excluding hydrogens is 603 g/mol. The minimum Gasteiger partial charge on any atom is -0.354 e. The topological polar surface area (TPSA) is 86.8 Å². The minimum absolute atomic E-state index is 0.126. The molecule has 0 aliphatic rings. The number of carbonyl (C=O) groups is 2. The Morgan fingerprint density at radius 3 is 2.26 bits per heavy atom. The van der Waals surface area contributed by atoms with Crippen LogP contribution < -0.4 is 9.62 Å². The maximum Gasteiger partial charge on any atom is 0.416 e. The van der Waals surface area contributed by atoms with Crippen molar-refractivity contribution in [1.82, 2.24) is 10.2 Å². The van der Waals surface area contributed by atoms with Gasteiger partial charge in [0.1, 0.15) is 12.6 Å². The number of halogens is 4. The summed E-state index contributed by atoms with van der Waals surface area (Å²) in [5.41, 5.74) is -0.131. The van der Waals surface area contributed by atoms with Gasteiger partial charge in [-0.1, -0.05) is 73.8 Å². The average Bonchev–Trinajstić information content (AvgIpc) is 2.96. The lowest BCUT2D eigenvalue weighted by Crippen LogP contribution is -2.52. The van der Waals surface area contributed by atoms with Crippen molar-refractivity contribution in [2.75, 3.05) is 17.4 Å². The molecule has 0 aliphatic heterocycles. The quantitative estimate of drug-likeness (QED) is 0.214. The Morgan fingerprint density at radius 2 is 1.65 bits per heavy atom. The van der Waals surface area contributed by atoms with Gasteiger partial charge < -0.3 is 10.2 Å². The highest BCUT2D eigenvalue weighted by Gasteiger charge is 2.36. The molecule has 0 radical (unpaired) electrons. The molecule has 232 valence electrons. The molecule has 3 aromatic rings. The highest BCUT2D eigenvalue weighted by Crippen LogP contribution is 2.33. The standard InChI is InChI=1S/C31H35ClF3N3O4S/c1-4-6-18-36-30(40)28(5-2)37(20-23-10-7-8-13-27(23)32)29(39)21-38(25-12-9-11-24(19-25)31(33,34)35)43(41,42)26-16-14-22(3)15-17-26/h7-17,19,28H,4-6,18,20-21H2,1-3H3,(H,36,40)/t28-/m1/s1. The lowest BCUT2D eigenvalue weighted by molar-refractivity contribution is -0.140. The van der Waals surface area contributed by atoms with E-state index < -0.39 is 46.2 Å². The van der Waals surface area contributed by atoms with E-state index in [9.17, 15) is 31.2 Å². The van der Waals surface area contributed by atoms with Crippen LogP contribution in [0.1, 0.15) is 49.8 Å². The minimum atomic E-state index is -4.75. The first-order valence-electron chi connectivity index (χ1n) is 13.9. The number of benzene rings is 3. The van der Waals surface area contributed by atoms with Crippen LogP contribution in [0.2, 0.25) is 5.02 Å². The number of anilines is 1. The van der Waals surface area contributed by atoms with Crippen LogP contribution in [0.15, 0.2) is 77.7 Å². The Bertz CT molecular complexity index is 1520. The van der Waals surface area contributed by atoms with Crippen molar-refractivity contribution in [1.29, 1.82) is 0 Å². The van der Waals surface area contributed by atoms with Crippen molar-refractivity contribution in [3.63, 3.8) is 0 Å². The maximum atomic E-state index is 14.1. The highest BCUT2D eigenvalue weighted by molar-refractivity contribution is 7.92. The lowest BCUT2D eigenvalue weighted by atomic mass is 10.1. The van der Waals surface area contributed by atoms with E-state index in [1.807, 2.05) is 6.92 Å². The van der Waals surface area contributed by atoms with Gasteiger partial charge in [-0.3, -0.25) is 13.9 Å². The van der Waals surface area contributed by atoms with E-state index >= 15 is 0 Å². The van der Waals surface area contributed by atoms with Gasteiger partial charge in [0, 0.05) is 18.1 Å². The van der Waals surface area contributed by atoms with Gasteiger partial charge >= 0.3 is 6.18 Å². The van der Waals surface area contributed by atoms with Gasteiger partial charge in [0.15, 0.2) is 0 Å². The van der Waals surface area contributed by atoms with Crippen LogP contribution in [-0.2, 0) is 32.3 Å². The Labute approximate surface area is 255 Å². The molecule has 0 heterocycles. The highest BCUT2D eigenvalue weighted by atomic mass is 35.5. The van der Waals surface area contributed by atoms with Crippen molar-refractivity contribution < 1.29 is 31.2 Å². The summed E-state index contributed by atoms with van der Waals surface area (Å²) in [6.45, 7) is 4.84. The number of sulfonamides is 1. The molecule has 0 saturated carbocycles. The number of alkyl halides is 3. The fourth-order valence-electron chi connectivity index (χ4n) is 4.44. The molecule has 7 nitrogen and oxygen atoms in total. The smallest absolute Gasteiger partial charge is 0.354 e. The summed E-state index contributed by atoms with van der Waals surface area (Å²) >= 11 is 6.38. The summed E-state index contributed by atoms with van der Waals surface area (Å²) in [6, 6.07) is 15.3. The molecule has 0 aliphatic carbocycles. The number of unbranched alkanes of at least 4 members (excludes halogenated alkanes) is 1. The summed E-state index contributed by atoms with van der Waals surface area (Å²) in [6.07, 6.45) is -3.00. The van der Waals surface area contributed by atoms with Gasteiger partial charge in [-0.05, 0) is 61.7 Å². The normalized spacial score (nSPS) is 12.4. The van der Waals surface area contributed by atoms with E-state index in [0.717, 1.165) is 30.5 Å². The first-order valence-corrected chi connectivity index (χ1v) is 15.7. The number of nitrogens with zero attached hydrogens (tertiary/aromatic N) is 2. The van der Waals surface area contributed by atoms with Gasteiger partial charge in [-0.25, -0.2) is 8.42 Å². The zero-order valence-corrected chi connectivity index (χ0v) is 25.8. The molecule has 0 unspecified atom stereocenters. The summed E-state index contributed by atoms with van der Waals surface area (Å²) in [4.78, 5) is 28.3. The number of nitrogens with one attached hydrogen (secondary N) is 1. The third-order valence-corrected chi connectivity index (χ3v) is 9.02. The van der Waals surface area contributed by atoms with Gasteiger partial charge in [0.2, 0.25) is 11.8 Å². The largest absolute Gasteiger partial charge is 0.416 e. The summed E-state index contributed by atoms with van der Waals surface area (Å²) in [7, 11) is -4.52. The Kier molecular flexibility index (Phi) is 11.6. The van der Waals surface area contributed by atoms with Crippen LogP contribution in [0, 0.1) is 6.92 Å². The number of rotatable bonds is 13. The first-order chi connectivity index (χ1) is 20.3. The van der Waals surface area contributed by atoms with Gasteiger partial charge in [0.25, 0.3) is 10.0 Å². The molecule has 1 N–H and O–H groups in total. The predicted octanol–water partition coefficient (Wildman–Crippen LogP) is 6.59. The van der Waals surface area contributed by atoms with Crippen LogP contribution in [0.25, 0.3) is 0 Å². The van der Waals surface area contributed by atoms with Crippen molar-refractivity contribution in [2.45, 2.75) is 63.7 Å². The molecule has 0 spiro atoms. The second-order valence-electron chi connectivity index (χ2n) is 10.1. The third-order valence-electron chi connectivity index (χ3n) is 6.86. The summed E-state index contributed by atoms with van der Waals surface area (Å²) in [5, 5.41) is 3.15. The van der Waals surface area contributed by atoms with E-state index in [1.165, 1.54) is 23.1 Å². The fourth-order valence-corrected chi connectivity index (χ4v) is 6.04. The molecule has 0 fully saturated rings. The van der Waals surface area contributed by atoms with Crippen LogP contribution in [0.4, 0.5) is 18.9 Å². The monoisotopic (exact) mass is 637 g/mol. The first kappa shape index (κ1) is 33.9. The number of carbonyl (C=O) groups excluding carboxylic acids is 2. The molecule has 2 amide bonds. The van der Waals surface area contributed by atoms with Crippen LogP contribution in [0.3, 0.4) is 0 Å². The SMILES string of the molecule is CCCCNC(=O)[C@@H](CC)N(Cc1ccccc1Cl)C(=O)CN(c1cccc(C(F)(F)F)c1)S(=O)(=O)c1ccc(C)cc1. The molecule has 3 rings (SSSR count). The van der Waals surface area contributed by atoms with Crippen molar-refractivity contribution in [2.24, 2.45) is 0 Å². The number of aryl methyl sites for hydroxylation is 1. The Hall–Kier alpha value is -3.57. The molecule has 0 aromatic heterocycles. The molecule has 43 heavy (non-hydrogen) atoms. The van der Waals surface area contributed by atoms with E-state index in [0.29, 0.717) is 27.5 Å². The molecule has 0 bridgehead atoms. The second-order valence-corrected chi connectivity index (χ2v) is 12.3. The summed E-state index contributed by atoms with van der Waals surface area (Å²) in [5.74, 6) is -1.21. The summed E-state index contributed by atoms with van der Waals surface area (Å²) < 4.78 is 69.3. The zero-order valence-electron chi connectivity index (χ0n) is 24.2. The molecule has 3 aromatic carbocycles. The third kappa shape index (κ3) is 8.73. The number of amides is 2. The Morgan fingerprint density at radius 1 is 0.977 bits per heavy atom. The van der Waals surface area contributed by atoms with E-state index in [1.54, 1.807) is 50.2 Å². The van der Waals surface area contributed by atoms with Crippen molar-refractivity contribution >= 4 is 39.1 Å². The van der Waals surface area contributed by atoms with Crippen molar-refractivity contribution in [3.8, 4) is 0 Å². The Balaban J connectivity index is 2.11. The zero-order chi connectivity index (χ0) is 31.8. The second kappa shape index (κ2) is 14.7. The molecule has 1 atom stereocenters. The van der Waals surface area contributed by atoms with Crippen LogP contribution >= 0.6 is 11.6 Å². The van der Waals surface area contributed by atoms with Crippen LogP contribution in [-0.4, -0.2) is 44.3 Å². The molecule has 12 heteroatoms. The maximum absolute atomic E-state index is 14.1. The predicted molar refractivity (Wildman–Crippen MR) is 161 cm³/mol.